The number of rotatable bonds is 4. The molecular weight excluding hydrogens is 256 g/mol. The van der Waals surface area contributed by atoms with Gasteiger partial charge in [0.05, 0.1) is 18.1 Å². The largest absolute Gasteiger partial charge is 0.495 e. The predicted molar refractivity (Wildman–Crippen MR) is 71.0 cm³/mol. The zero-order chi connectivity index (χ0) is 12.3. The molecule has 2 rings (SSSR count). The third-order valence-corrected chi connectivity index (χ3v) is 3.92. The average molecular weight is 269 g/mol. The summed E-state index contributed by atoms with van der Waals surface area (Å²) < 4.78 is 5.19. The van der Waals surface area contributed by atoms with Crippen LogP contribution in [0.4, 0.5) is 0 Å². The number of aliphatic hydroxyl groups is 1. The van der Waals surface area contributed by atoms with Crippen molar-refractivity contribution in [2.75, 3.05) is 7.11 Å². The van der Waals surface area contributed by atoms with Gasteiger partial charge in [0.25, 0.3) is 0 Å². The minimum absolute atomic E-state index is 0.497. The van der Waals surface area contributed by atoms with E-state index in [-0.39, 0.29) is 0 Å². The monoisotopic (exact) mass is 268 g/mol. The van der Waals surface area contributed by atoms with Gasteiger partial charge >= 0.3 is 0 Å². The van der Waals surface area contributed by atoms with E-state index >= 15 is 0 Å². The fourth-order valence-electron chi connectivity index (χ4n) is 1.69. The molecule has 1 unspecified atom stereocenters. The van der Waals surface area contributed by atoms with Crippen molar-refractivity contribution in [3.8, 4) is 5.75 Å². The standard InChI is InChI=1S/C13H13ClO2S/c1-16-12-6-7-17-13(12)11(15)8-9-4-2-3-5-10(9)14/h2-7,11,15H,8H2,1H3. The fraction of sp³-hybridized carbons (Fsp3) is 0.231. The summed E-state index contributed by atoms with van der Waals surface area (Å²) in [6.07, 6.45) is -0.0823. The summed E-state index contributed by atoms with van der Waals surface area (Å²) in [6.45, 7) is 0. The second-order valence-corrected chi connectivity index (χ2v) is 5.02. The Morgan fingerprint density at radius 1 is 1.35 bits per heavy atom. The molecule has 0 bridgehead atoms. The molecule has 2 nitrogen and oxygen atoms in total. The Kier molecular flexibility index (Phi) is 4.05. The average Bonchev–Trinajstić information content (AvgIpc) is 2.80. The zero-order valence-electron chi connectivity index (χ0n) is 9.39. The molecule has 1 aromatic carbocycles. The SMILES string of the molecule is COc1ccsc1C(O)Cc1ccccc1Cl. The van der Waals surface area contributed by atoms with Gasteiger partial charge in [-0.25, -0.2) is 0 Å². The van der Waals surface area contributed by atoms with Gasteiger partial charge in [-0.05, 0) is 23.1 Å². The maximum absolute atomic E-state index is 10.2. The van der Waals surface area contributed by atoms with Gasteiger partial charge in [-0.3, -0.25) is 0 Å². The van der Waals surface area contributed by atoms with Gasteiger partial charge < -0.3 is 9.84 Å². The summed E-state index contributed by atoms with van der Waals surface area (Å²) in [5, 5.41) is 12.8. The van der Waals surface area contributed by atoms with Gasteiger partial charge in [0.15, 0.2) is 0 Å². The summed E-state index contributed by atoms with van der Waals surface area (Å²) in [6, 6.07) is 9.40. The summed E-state index contributed by atoms with van der Waals surface area (Å²) in [7, 11) is 1.60. The number of halogens is 1. The molecule has 0 spiro atoms. The maximum atomic E-state index is 10.2. The summed E-state index contributed by atoms with van der Waals surface area (Å²) in [5.41, 5.74) is 0.942. The smallest absolute Gasteiger partial charge is 0.135 e. The van der Waals surface area contributed by atoms with Gasteiger partial charge in [0, 0.05) is 11.4 Å². The van der Waals surface area contributed by atoms with Crippen LogP contribution in [0.3, 0.4) is 0 Å². The van der Waals surface area contributed by atoms with Crippen molar-refractivity contribution in [1.29, 1.82) is 0 Å². The lowest BCUT2D eigenvalue weighted by atomic mass is 10.1. The molecule has 1 heterocycles. The van der Waals surface area contributed by atoms with E-state index < -0.39 is 6.10 Å². The molecular formula is C13H13ClO2S. The number of ether oxygens (including phenoxy) is 1. The Labute approximate surface area is 109 Å². The Balaban J connectivity index is 2.17. The molecule has 1 N–H and O–H groups in total. The van der Waals surface area contributed by atoms with Crippen LogP contribution in [0.25, 0.3) is 0 Å². The number of benzene rings is 1. The van der Waals surface area contributed by atoms with E-state index in [9.17, 15) is 5.11 Å². The van der Waals surface area contributed by atoms with E-state index in [4.69, 9.17) is 16.3 Å². The van der Waals surface area contributed by atoms with Crippen molar-refractivity contribution in [3.63, 3.8) is 0 Å². The highest BCUT2D eigenvalue weighted by Crippen LogP contribution is 2.33. The van der Waals surface area contributed by atoms with Gasteiger partial charge in [-0.15, -0.1) is 11.3 Å². The fourth-order valence-corrected chi connectivity index (χ4v) is 2.74. The first-order valence-electron chi connectivity index (χ1n) is 5.25. The molecule has 90 valence electrons. The Morgan fingerprint density at radius 3 is 2.82 bits per heavy atom. The zero-order valence-corrected chi connectivity index (χ0v) is 11.0. The second-order valence-electron chi connectivity index (χ2n) is 3.66. The van der Waals surface area contributed by atoms with Crippen LogP contribution in [0.5, 0.6) is 5.75 Å². The number of methoxy groups -OCH3 is 1. The number of thiophene rings is 1. The summed E-state index contributed by atoms with van der Waals surface area (Å²) in [5.74, 6) is 0.731. The first-order chi connectivity index (χ1) is 8.22. The number of hydrogen-bond acceptors (Lipinski definition) is 3. The number of hydrogen-bond donors (Lipinski definition) is 1. The third-order valence-electron chi connectivity index (χ3n) is 2.55. The first kappa shape index (κ1) is 12.4. The lowest BCUT2D eigenvalue weighted by molar-refractivity contribution is 0.178. The summed E-state index contributed by atoms with van der Waals surface area (Å²) in [4.78, 5) is 0.840. The van der Waals surface area contributed by atoms with E-state index in [2.05, 4.69) is 0 Å². The predicted octanol–water partition coefficient (Wildman–Crippen LogP) is 3.69. The van der Waals surface area contributed by atoms with Crippen molar-refractivity contribution in [1.82, 2.24) is 0 Å². The molecule has 17 heavy (non-hydrogen) atoms. The van der Waals surface area contributed by atoms with Crippen molar-refractivity contribution in [3.05, 3.63) is 51.2 Å². The van der Waals surface area contributed by atoms with Gasteiger partial charge in [-0.1, -0.05) is 29.8 Å². The van der Waals surface area contributed by atoms with Crippen LogP contribution in [0.15, 0.2) is 35.7 Å². The molecule has 0 fully saturated rings. The highest BCUT2D eigenvalue weighted by molar-refractivity contribution is 7.10. The minimum atomic E-state index is -0.579. The molecule has 0 saturated carbocycles. The normalized spacial score (nSPS) is 12.4. The van der Waals surface area contributed by atoms with Crippen molar-refractivity contribution < 1.29 is 9.84 Å². The van der Waals surface area contributed by atoms with E-state index in [1.165, 1.54) is 11.3 Å². The van der Waals surface area contributed by atoms with Gasteiger partial charge in [-0.2, -0.15) is 0 Å². The Hall–Kier alpha value is -1.03. The van der Waals surface area contributed by atoms with Crippen LogP contribution < -0.4 is 4.74 Å². The van der Waals surface area contributed by atoms with E-state index in [0.29, 0.717) is 11.4 Å². The number of aliphatic hydroxyl groups excluding tert-OH is 1. The molecule has 1 atom stereocenters. The molecule has 0 aliphatic carbocycles. The quantitative estimate of drug-likeness (QED) is 0.916. The maximum Gasteiger partial charge on any atom is 0.135 e. The van der Waals surface area contributed by atoms with Crippen LogP contribution in [0.1, 0.15) is 16.5 Å². The van der Waals surface area contributed by atoms with Crippen molar-refractivity contribution in [2.24, 2.45) is 0 Å². The van der Waals surface area contributed by atoms with Gasteiger partial charge in [0.2, 0.25) is 0 Å². The van der Waals surface area contributed by atoms with E-state index in [0.717, 1.165) is 16.2 Å². The molecule has 0 amide bonds. The second kappa shape index (κ2) is 5.54. The molecule has 0 aliphatic heterocycles. The Morgan fingerprint density at radius 2 is 2.12 bits per heavy atom. The van der Waals surface area contributed by atoms with Crippen LogP contribution in [0.2, 0.25) is 5.02 Å². The van der Waals surface area contributed by atoms with E-state index in [1.54, 1.807) is 7.11 Å². The topological polar surface area (TPSA) is 29.5 Å². The minimum Gasteiger partial charge on any atom is -0.495 e. The molecule has 2 aromatic rings. The highest BCUT2D eigenvalue weighted by atomic mass is 35.5. The van der Waals surface area contributed by atoms with Crippen molar-refractivity contribution >= 4 is 22.9 Å². The lowest BCUT2D eigenvalue weighted by Gasteiger charge is -2.11. The molecule has 0 saturated heterocycles. The van der Waals surface area contributed by atoms with Crippen LogP contribution in [-0.2, 0) is 6.42 Å². The molecule has 0 aliphatic rings. The molecule has 4 heteroatoms. The molecule has 0 radical (unpaired) electrons. The van der Waals surface area contributed by atoms with Gasteiger partial charge in [0.1, 0.15) is 5.75 Å². The van der Waals surface area contributed by atoms with E-state index in [1.807, 2.05) is 35.7 Å². The first-order valence-corrected chi connectivity index (χ1v) is 6.51. The van der Waals surface area contributed by atoms with Crippen LogP contribution >= 0.6 is 22.9 Å². The highest BCUT2D eigenvalue weighted by Gasteiger charge is 2.16. The Bertz CT molecular complexity index is 496. The lowest BCUT2D eigenvalue weighted by Crippen LogP contribution is -2.01. The van der Waals surface area contributed by atoms with Crippen LogP contribution in [0, 0.1) is 0 Å². The molecule has 1 aromatic heterocycles. The van der Waals surface area contributed by atoms with Crippen molar-refractivity contribution in [2.45, 2.75) is 12.5 Å². The van der Waals surface area contributed by atoms with Crippen LogP contribution in [-0.4, -0.2) is 12.2 Å². The third kappa shape index (κ3) is 2.80. The summed E-state index contributed by atoms with van der Waals surface area (Å²) >= 11 is 7.55.